The van der Waals surface area contributed by atoms with E-state index in [0.717, 1.165) is 12.8 Å². The maximum Gasteiger partial charge on any atom is 0.246 e. The van der Waals surface area contributed by atoms with Gasteiger partial charge in [-0.05, 0) is 32.1 Å². The van der Waals surface area contributed by atoms with Crippen LogP contribution in [0.25, 0.3) is 0 Å². The molecule has 2 rings (SSSR count). The molecular formula is C12H20N2O4S. The molecule has 1 atom stereocenters. The highest BCUT2D eigenvalue weighted by atomic mass is 32.2. The first kappa shape index (κ1) is 14.3. The van der Waals surface area contributed by atoms with Gasteiger partial charge in [-0.2, -0.15) is 0 Å². The molecule has 2 amide bonds. The quantitative estimate of drug-likeness (QED) is 0.742. The molecule has 0 aromatic carbocycles. The first-order valence-electron chi connectivity index (χ1n) is 6.51. The van der Waals surface area contributed by atoms with Crippen molar-refractivity contribution >= 4 is 21.7 Å². The second-order valence-electron chi connectivity index (χ2n) is 5.63. The third kappa shape index (κ3) is 2.91. The van der Waals surface area contributed by atoms with Gasteiger partial charge in [0.2, 0.25) is 11.8 Å². The van der Waals surface area contributed by atoms with Gasteiger partial charge in [0.1, 0.15) is 15.4 Å². The van der Waals surface area contributed by atoms with Crippen LogP contribution in [0.15, 0.2) is 0 Å². The highest BCUT2D eigenvalue weighted by Crippen LogP contribution is 2.44. The van der Waals surface area contributed by atoms with Gasteiger partial charge in [-0.25, -0.2) is 8.42 Å². The maximum atomic E-state index is 12.1. The molecule has 1 aliphatic carbocycles. The molecule has 0 spiro atoms. The summed E-state index contributed by atoms with van der Waals surface area (Å²) in [6.07, 6.45) is 3.44. The molecule has 7 heteroatoms. The number of sulfone groups is 1. The lowest BCUT2D eigenvalue weighted by Gasteiger charge is -2.44. The van der Waals surface area contributed by atoms with Crippen molar-refractivity contribution < 1.29 is 18.0 Å². The largest absolute Gasteiger partial charge is 0.345 e. The van der Waals surface area contributed by atoms with Crippen LogP contribution in [-0.2, 0) is 19.4 Å². The fraction of sp³-hybridized carbons (Fsp3) is 0.833. The van der Waals surface area contributed by atoms with Gasteiger partial charge in [-0.3, -0.25) is 9.59 Å². The van der Waals surface area contributed by atoms with E-state index in [1.165, 1.54) is 6.26 Å². The van der Waals surface area contributed by atoms with E-state index in [1.54, 1.807) is 11.8 Å². The van der Waals surface area contributed by atoms with Crippen LogP contribution in [0.4, 0.5) is 0 Å². The van der Waals surface area contributed by atoms with Crippen molar-refractivity contribution in [1.29, 1.82) is 0 Å². The molecule has 0 aromatic rings. The van der Waals surface area contributed by atoms with Gasteiger partial charge in [0, 0.05) is 12.8 Å². The van der Waals surface area contributed by atoms with Crippen LogP contribution in [0.3, 0.4) is 0 Å². The minimum absolute atomic E-state index is 0.0139. The monoisotopic (exact) mass is 288 g/mol. The molecule has 0 aromatic heterocycles. The van der Waals surface area contributed by atoms with Gasteiger partial charge in [0.05, 0.1) is 12.3 Å². The zero-order valence-corrected chi connectivity index (χ0v) is 12.1. The Morgan fingerprint density at radius 1 is 1.37 bits per heavy atom. The molecular weight excluding hydrogens is 268 g/mol. The molecule has 0 radical (unpaired) electrons. The second-order valence-corrected chi connectivity index (χ2v) is 7.89. The number of piperazine rings is 1. The van der Waals surface area contributed by atoms with E-state index in [-0.39, 0.29) is 30.0 Å². The van der Waals surface area contributed by atoms with E-state index < -0.39 is 15.4 Å². The molecule has 19 heavy (non-hydrogen) atoms. The van der Waals surface area contributed by atoms with Crippen molar-refractivity contribution in [1.82, 2.24) is 10.2 Å². The number of amides is 2. The zero-order valence-electron chi connectivity index (χ0n) is 11.3. The van der Waals surface area contributed by atoms with E-state index in [2.05, 4.69) is 5.32 Å². The van der Waals surface area contributed by atoms with Crippen LogP contribution in [0.1, 0.15) is 26.2 Å². The number of nitrogens with one attached hydrogen (secondary N) is 1. The molecule has 1 unspecified atom stereocenters. The van der Waals surface area contributed by atoms with Gasteiger partial charge >= 0.3 is 0 Å². The number of hydrogen-bond acceptors (Lipinski definition) is 4. The lowest BCUT2D eigenvalue weighted by Crippen LogP contribution is -2.67. The average Bonchev–Trinajstić information content (AvgIpc) is 3.11. The van der Waals surface area contributed by atoms with Crippen LogP contribution in [0.2, 0.25) is 0 Å². The average molecular weight is 288 g/mol. The third-order valence-electron chi connectivity index (χ3n) is 3.99. The summed E-state index contributed by atoms with van der Waals surface area (Å²) < 4.78 is 22.3. The van der Waals surface area contributed by atoms with Gasteiger partial charge in [-0.15, -0.1) is 0 Å². The number of carbonyl (C=O) groups is 2. The topological polar surface area (TPSA) is 83.6 Å². The summed E-state index contributed by atoms with van der Waals surface area (Å²) in [5.74, 6) is 0.00512. The SMILES string of the molecule is CC1(C2CC2)C(=O)NCC(=O)N1CCCS(C)(=O)=O. The van der Waals surface area contributed by atoms with Crippen molar-refractivity contribution in [2.24, 2.45) is 5.92 Å². The number of hydrogen-bond donors (Lipinski definition) is 1. The molecule has 1 N–H and O–H groups in total. The van der Waals surface area contributed by atoms with Gasteiger partial charge in [0.15, 0.2) is 0 Å². The Bertz CT molecular complexity index is 498. The normalized spacial score (nSPS) is 28.4. The smallest absolute Gasteiger partial charge is 0.246 e. The predicted molar refractivity (Wildman–Crippen MR) is 70.2 cm³/mol. The van der Waals surface area contributed by atoms with Gasteiger partial charge in [0.25, 0.3) is 0 Å². The second kappa shape index (κ2) is 4.77. The van der Waals surface area contributed by atoms with Crippen LogP contribution < -0.4 is 5.32 Å². The van der Waals surface area contributed by atoms with Crippen LogP contribution in [0.5, 0.6) is 0 Å². The van der Waals surface area contributed by atoms with Crippen molar-refractivity contribution in [3.63, 3.8) is 0 Å². The van der Waals surface area contributed by atoms with Gasteiger partial charge < -0.3 is 10.2 Å². The Kier molecular flexibility index (Phi) is 3.59. The number of carbonyl (C=O) groups excluding carboxylic acids is 2. The Hall–Kier alpha value is -1.11. The summed E-state index contributed by atoms with van der Waals surface area (Å²) in [7, 11) is -3.04. The first-order valence-corrected chi connectivity index (χ1v) is 8.57. The fourth-order valence-corrected chi connectivity index (χ4v) is 3.36. The Balaban J connectivity index is 2.09. The number of nitrogens with zero attached hydrogens (tertiary/aromatic N) is 1. The Labute approximate surface area is 113 Å². The molecule has 6 nitrogen and oxygen atoms in total. The molecule has 1 aliphatic heterocycles. The molecule has 2 fully saturated rings. The minimum Gasteiger partial charge on any atom is -0.345 e. The molecule has 1 heterocycles. The van der Waals surface area contributed by atoms with E-state index in [9.17, 15) is 18.0 Å². The Morgan fingerprint density at radius 2 is 2.00 bits per heavy atom. The van der Waals surface area contributed by atoms with Crippen LogP contribution in [0, 0.1) is 5.92 Å². The summed E-state index contributed by atoms with van der Waals surface area (Å²) >= 11 is 0. The summed E-state index contributed by atoms with van der Waals surface area (Å²) in [5.41, 5.74) is -0.799. The lowest BCUT2D eigenvalue weighted by atomic mass is 9.89. The zero-order chi connectivity index (χ0) is 14.3. The minimum atomic E-state index is -3.04. The Morgan fingerprint density at radius 3 is 2.53 bits per heavy atom. The van der Waals surface area contributed by atoms with Crippen LogP contribution in [-0.4, -0.2) is 55.8 Å². The molecule has 0 bridgehead atoms. The fourth-order valence-electron chi connectivity index (χ4n) is 2.70. The van der Waals surface area contributed by atoms with E-state index in [0.29, 0.717) is 13.0 Å². The standard InChI is InChI=1S/C12H20N2O4S/c1-12(9-4-5-9)11(16)13-8-10(15)14(12)6-3-7-19(2,17)18/h9H,3-8H2,1-2H3,(H,13,16). The van der Waals surface area contributed by atoms with E-state index in [1.807, 2.05) is 0 Å². The number of rotatable bonds is 5. The van der Waals surface area contributed by atoms with Crippen molar-refractivity contribution in [3.05, 3.63) is 0 Å². The van der Waals surface area contributed by atoms with Crippen molar-refractivity contribution in [2.75, 3.05) is 25.1 Å². The molecule has 2 aliphatic rings. The molecule has 108 valence electrons. The summed E-state index contributed by atoms with van der Waals surface area (Å²) in [6, 6.07) is 0. The predicted octanol–water partition coefficient (Wildman–Crippen LogP) is -0.452. The maximum absolute atomic E-state index is 12.1. The van der Waals surface area contributed by atoms with Gasteiger partial charge in [-0.1, -0.05) is 0 Å². The van der Waals surface area contributed by atoms with E-state index >= 15 is 0 Å². The first-order chi connectivity index (χ1) is 8.75. The highest BCUT2D eigenvalue weighted by Gasteiger charge is 2.54. The highest BCUT2D eigenvalue weighted by molar-refractivity contribution is 7.90. The molecule has 1 saturated heterocycles. The summed E-state index contributed by atoms with van der Waals surface area (Å²) in [6.45, 7) is 2.13. The molecule has 1 saturated carbocycles. The third-order valence-corrected chi connectivity index (χ3v) is 5.02. The van der Waals surface area contributed by atoms with Crippen molar-refractivity contribution in [3.8, 4) is 0 Å². The van der Waals surface area contributed by atoms with E-state index in [4.69, 9.17) is 0 Å². The van der Waals surface area contributed by atoms with Crippen molar-refractivity contribution in [2.45, 2.75) is 31.7 Å². The summed E-state index contributed by atoms with van der Waals surface area (Å²) in [4.78, 5) is 25.7. The summed E-state index contributed by atoms with van der Waals surface area (Å²) in [5, 5.41) is 2.63. The lowest BCUT2D eigenvalue weighted by molar-refractivity contribution is -0.154. The van der Waals surface area contributed by atoms with Crippen LogP contribution >= 0.6 is 0 Å².